The Balaban J connectivity index is 1.35. The Kier molecular flexibility index (Phi) is 4.93. The number of piperidine rings is 2. The highest BCUT2D eigenvalue weighted by atomic mass is 16.2. The van der Waals surface area contributed by atoms with Gasteiger partial charge in [0.1, 0.15) is 6.04 Å². The first-order valence-corrected chi connectivity index (χ1v) is 11.9. The third-order valence-corrected chi connectivity index (χ3v) is 7.41. The Morgan fingerprint density at radius 1 is 1.14 bits per heavy atom. The van der Waals surface area contributed by atoms with Crippen LogP contribution < -0.4 is 15.5 Å². The predicted octanol–water partition coefficient (Wildman–Crippen LogP) is 2.35. The zero-order valence-corrected chi connectivity index (χ0v) is 19.1. The Labute approximate surface area is 201 Å². The van der Waals surface area contributed by atoms with Crippen molar-refractivity contribution in [1.29, 1.82) is 0 Å². The second kappa shape index (κ2) is 8.03. The fraction of sp³-hybridized carbons (Fsp3) is 0.346. The third-order valence-electron chi connectivity index (χ3n) is 7.41. The predicted molar refractivity (Wildman–Crippen MR) is 129 cm³/mol. The Hall–Kier alpha value is -4.03. The molecule has 176 valence electrons. The highest BCUT2D eigenvalue weighted by molar-refractivity contribution is 6.27. The maximum atomic E-state index is 13.3. The van der Waals surface area contributed by atoms with Crippen LogP contribution in [0.2, 0.25) is 0 Å². The van der Waals surface area contributed by atoms with Crippen molar-refractivity contribution in [3.8, 4) is 0 Å². The van der Waals surface area contributed by atoms with Gasteiger partial charge in [0, 0.05) is 43.1 Å². The van der Waals surface area contributed by atoms with Gasteiger partial charge in [-0.05, 0) is 35.1 Å². The van der Waals surface area contributed by atoms with E-state index in [1.165, 1.54) is 4.90 Å². The molecule has 2 N–H and O–H groups in total. The number of hydrogen-bond donors (Lipinski definition) is 2. The topological polar surface area (TPSA) is 101 Å². The lowest BCUT2D eigenvalue weighted by molar-refractivity contribution is -0.134. The molecular formula is C26H24N6O3. The minimum absolute atomic E-state index is 0.212. The normalized spacial score (nSPS) is 21.3. The number of aromatic nitrogens is 2. The van der Waals surface area contributed by atoms with Crippen LogP contribution in [-0.4, -0.2) is 46.6 Å². The number of hydrogen-bond acceptors (Lipinski definition) is 5. The van der Waals surface area contributed by atoms with Crippen molar-refractivity contribution in [3.63, 3.8) is 0 Å². The molecule has 2 aromatic carbocycles. The summed E-state index contributed by atoms with van der Waals surface area (Å²) in [5, 5.41) is 12.0. The summed E-state index contributed by atoms with van der Waals surface area (Å²) in [5.74, 6) is -0.949. The van der Waals surface area contributed by atoms with E-state index in [0.717, 1.165) is 47.8 Å². The average Bonchev–Trinajstić information content (AvgIpc) is 3.46. The molecule has 9 nitrogen and oxygen atoms in total. The van der Waals surface area contributed by atoms with E-state index in [9.17, 15) is 14.4 Å². The van der Waals surface area contributed by atoms with Crippen LogP contribution in [0.3, 0.4) is 0 Å². The van der Waals surface area contributed by atoms with Gasteiger partial charge in [-0.3, -0.25) is 29.4 Å². The summed E-state index contributed by atoms with van der Waals surface area (Å²) < 4.78 is 1.81. The van der Waals surface area contributed by atoms with Gasteiger partial charge in [-0.2, -0.15) is 9.78 Å². The molecule has 3 aliphatic heterocycles. The maximum absolute atomic E-state index is 13.3. The minimum atomic E-state index is -0.699. The van der Waals surface area contributed by atoms with E-state index in [1.807, 2.05) is 41.3 Å². The first-order valence-electron chi connectivity index (χ1n) is 11.9. The van der Waals surface area contributed by atoms with E-state index in [0.29, 0.717) is 24.1 Å². The summed E-state index contributed by atoms with van der Waals surface area (Å²) in [7, 11) is 0. The summed E-state index contributed by atoms with van der Waals surface area (Å²) in [4.78, 5) is 43.0. The van der Waals surface area contributed by atoms with Gasteiger partial charge >= 0.3 is 5.66 Å². The lowest BCUT2D eigenvalue weighted by atomic mass is 9.96. The minimum Gasteiger partial charge on any atom is -0.316 e. The number of imide groups is 1. The summed E-state index contributed by atoms with van der Waals surface area (Å²) in [5.41, 5.74) is 2.68. The van der Waals surface area contributed by atoms with Crippen LogP contribution >= 0.6 is 0 Å². The van der Waals surface area contributed by atoms with Crippen molar-refractivity contribution in [2.24, 2.45) is 0 Å². The van der Waals surface area contributed by atoms with Gasteiger partial charge in [-0.15, -0.1) is 0 Å². The number of carbonyl (C=O) groups excluding carboxylic acids is 3. The fourth-order valence-corrected chi connectivity index (χ4v) is 5.58. The molecule has 3 aromatic rings. The van der Waals surface area contributed by atoms with E-state index < -0.39 is 17.6 Å². The molecule has 0 bridgehead atoms. The molecule has 4 heterocycles. The number of nitrogens with one attached hydrogen (secondary N) is 2. The van der Waals surface area contributed by atoms with Crippen molar-refractivity contribution < 1.29 is 14.4 Å². The van der Waals surface area contributed by atoms with Crippen LogP contribution in [0.15, 0.2) is 42.7 Å². The van der Waals surface area contributed by atoms with Crippen molar-refractivity contribution in [3.05, 3.63) is 70.8 Å². The summed E-state index contributed by atoms with van der Waals surface area (Å²) >= 11 is 0. The lowest BCUT2D eigenvalue weighted by Crippen LogP contribution is -2.53. The second-order valence-electron chi connectivity index (χ2n) is 9.43. The Bertz CT molecular complexity index is 1430. The smallest absolute Gasteiger partial charge is 0.316 e. The van der Waals surface area contributed by atoms with Gasteiger partial charge in [0.2, 0.25) is 11.8 Å². The first kappa shape index (κ1) is 21.5. The monoisotopic (exact) mass is 468 g/mol. The molecule has 3 aliphatic rings. The Morgan fingerprint density at radius 2 is 1.97 bits per heavy atom. The molecule has 1 aromatic heterocycles. The Morgan fingerprint density at radius 3 is 2.74 bits per heavy atom. The third kappa shape index (κ3) is 3.33. The van der Waals surface area contributed by atoms with Gasteiger partial charge in [0.15, 0.2) is 0 Å². The quantitative estimate of drug-likeness (QED) is 0.452. The van der Waals surface area contributed by atoms with E-state index in [2.05, 4.69) is 20.6 Å². The number of amides is 3. The van der Waals surface area contributed by atoms with Crippen LogP contribution in [0.5, 0.6) is 0 Å². The molecule has 0 spiro atoms. The standard InChI is InChI=1S/C26H24N6O3/c1-27-26(9-11-28-12-10-26)31-15-16(14-29-31)13-17-5-6-20-23-18(17)3-2-4-19(23)25(35)32(20)21-7-8-22(33)30-24(21)34/h2-6,14-15,21,28H,7-13H2,(H,30,33,34). The molecular weight excluding hydrogens is 444 g/mol. The largest absolute Gasteiger partial charge is 0.327 e. The highest BCUT2D eigenvalue weighted by Gasteiger charge is 2.42. The zero-order chi connectivity index (χ0) is 24.2. The molecule has 0 saturated carbocycles. The van der Waals surface area contributed by atoms with E-state index in [1.54, 1.807) is 6.07 Å². The van der Waals surface area contributed by atoms with Gasteiger partial charge < -0.3 is 5.32 Å². The number of anilines is 1. The van der Waals surface area contributed by atoms with E-state index >= 15 is 0 Å². The number of carbonyl (C=O) groups is 3. The van der Waals surface area contributed by atoms with Crippen LogP contribution in [0.4, 0.5) is 5.69 Å². The molecule has 1 unspecified atom stereocenters. The van der Waals surface area contributed by atoms with Crippen LogP contribution in [0.1, 0.15) is 47.2 Å². The first-order chi connectivity index (χ1) is 17.0. The van der Waals surface area contributed by atoms with E-state index in [-0.39, 0.29) is 18.2 Å². The maximum Gasteiger partial charge on any atom is 0.327 e. The van der Waals surface area contributed by atoms with Gasteiger partial charge in [0.25, 0.3) is 5.91 Å². The van der Waals surface area contributed by atoms with Gasteiger partial charge in [0.05, 0.1) is 24.7 Å². The SMILES string of the molecule is [C-]#[N+]C1(n2cc(Cc3ccc4c5c(cccc35)C(=O)N4C3CCC(=O)NC3=O)cn2)CCNCC1. The van der Waals surface area contributed by atoms with Gasteiger partial charge in [-0.25, -0.2) is 6.57 Å². The fourth-order valence-electron chi connectivity index (χ4n) is 5.58. The number of rotatable bonds is 4. The molecule has 1 atom stereocenters. The molecule has 2 saturated heterocycles. The molecule has 0 radical (unpaired) electrons. The molecule has 2 fully saturated rings. The molecule has 3 amide bonds. The van der Waals surface area contributed by atoms with Crippen molar-refractivity contribution in [2.75, 3.05) is 18.0 Å². The second-order valence-corrected chi connectivity index (χ2v) is 9.43. The average molecular weight is 469 g/mol. The van der Waals surface area contributed by atoms with Crippen LogP contribution in [0.25, 0.3) is 15.6 Å². The van der Waals surface area contributed by atoms with Crippen molar-refractivity contribution >= 4 is 34.2 Å². The number of nitrogens with zero attached hydrogens (tertiary/aromatic N) is 4. The highest BCUT2D eigenvalue weighted by Crippen LogP contribution is 2.41. The van der Waals surface area contributed by atoms with Gasteiger partial charge in [-0.1, -0.05) is 18.2 Å². The summed E-state index contributed by atoms with van der Waals surface area (Å²) in [6.07, 6.45) is 6.36. The van der Waals surface area contributed by atoms with Crippen molar-refractivity contribution in [1.82, 2.24) is 20.4 Å². The molecule has 9 heteroatoms. The summed E-state index contributed by atoms with van der Waals surface area (Å²) in [6, 6.07) is 8.84. The van der Waals surface area contributed by atoms with Crippen molar-refractivity contribution in [2.45, 2.75) is 43.8 Å². The number of benzene rings is 2. The summed E-state index contributed by atoms with van der Waals surface area (Å²) in [6.45, 7) is 9.37. The zero-order valence-electron chi connectivity index (χ0n) is 19.1. The molecule has 35 heavy (non-hydrogen) atoms. The lowest BCUT2D eigenvalue weighted by Gasteiger charge is -2.30. The van der Waals surface area contributed by atoms with E-state index in [4.69, 9.17) is 6.57 Å². The van der Waals surface area contributed by atoms with Crippen LogP contribution in [-0.2, 0) is 21.7 Å². The van der Waals surface area contributed by atoms with Crippen LogP contribution in [0, 0.1) is 6.57 Å². The molecule has 0 aliphatic carbocycles. The molecule has 6 rings (SSSR count).